The molecule has 0 amide bonds. The number of aliphatic hydroxyl groups is 1. The number of aliphatic hydroxyl groups excluding tert-OH is 1. The van der Waals surface area contributed by atoms with Gasteiger partial charge in [-0.1, -0.05) is 66.3 Å². The maximum Gasteiger partial charge on any atom is 0.161 e. The molecule has 0 saturated heterocycles. The van der Waals surface area contributed by atoms with Gasteiger partial charge in [0.1, 0.15) is 0 Å². The molecule has 0 saturated carbocycles. The van der Waals surface area contributed by atoms with Crippen molar-refractivity contribution < 1.29 is 9.84 Å². The van der Waals surface area contributed by atoms with Gasteiger partial charge in [-0.05, 0) is 18.3 Å². The van der Waals surface area contributed by atoms with Crippen LogP contribution in [0.15, 0.2) is 24.8 Å². The molecule has 0 fully saturated rings. The van der Waals surface area contributed by atoms with E-state index < -0.39 is 6.29 Å². The minimum Gasteiger partial charge on any atom is -0.367 e. The van der Waals surface area contributed by atoms with Crippen molar-refractivity contribution in [1.82, 2.24) is 0 Å². The van der Waals surface area contributed by atoms with Crippen LogP contribution < -0.4 is 0 Å². The van der Waals surface area contributed by atoms with E-state index in [4.69, 9.17) is 4.74 Å². The van der Waals surface area contributed by atoms with Crippen LogP contribution in [0.3, 0.4) is 0 Å². The van der Waals surface area contributed by atoms with Crippen LogP contribution in [0.25, 0.3) is 0 Å². The van der Waals surface area contributed by atoms with E-state index in [0.29, 0.717) is 5.92 Å². The van der Waals surface area contributed by atoms with Crippen LogP contribution in [0.5, 0.6) is 0 Å². The van der Waals surface area contributed by atoms with Crippen LogP contribution in [-0.4, -0.2) is 17.5 Å². The van der Waals surface area contributed by atoms with Crippen molar-refractivity contribution in [2.75, 3.05) is 0 Å². The van der Waals surface area contributed by atoms with Gasteiger partial charge in [-0.2, -0.15) is 0 Å². The minimum absolute atomic E-state index is 0.0392. The van der Waals surface area contributed by atoms with Crippen molar-refractivity contribution in [2.24, 2.45) is 16.7 Å². The average molecular weight is 254 g/mol. The van der Waals surface area contributed by atoms with Crippen LogP contribution in [0.1, 0.15) is 48.5 Å². The third-order valence-corrected chi connectivity index (χ3v) is 4.19. The summed E-state index contributed by atoms with van der Waals surface area (Å²) in [4.78, 5) is 0. The van der Waals surface area contributed by atoms with Gasteiger partial charge >= 0.3 is 0 Å². The molecule has 3 atom stereocenters. The number of rotatable bonds is 6. The lowest BCUT2D eigenvalue weighted by atomic mass is 9.61. The van der Waals surface area contributed by atoms with Crippen molar-refractivity contribution in [3.63, 3.8) is 0 Å². The summed E-state index contributed by atoms with van der Waals surface area (Å²) in [6.45, 7) is 18.3. The van der Waals surface area contributed by atoms with Crippen molar-refractivity contribution >= 4 is 0 Å². The zero-order chi connectivity index (χ0) is 14.6. The summed E-state index contributed by atoms with van der Waals surface area (Å²) in [7, 11) is 0. The highest BCUT2D eigenvalue weighted by Gasteiger charge is 2.47. The standard InChI is InChI=1S/C16H30O2/c1-9-10-11-13(4)18-14(17)16(8,12(2)3)15(5,6)7/h9-14,17H,1H2,2-8H3/b11-10-. The molecule has 0 aliphatic carbocycles. The molecule has 0 spiro atoms. The predicted molar refractivity (Wildman–Crippen MR) is 78.3 cm³/mol. The molecule has 0 aromatic heterocycles. The second-order valence-corrected chi connectivity index (χ2v) is 6.50. The molecule has 2 nitrogen and oxygen atoms in total. The van der Waals surface area contributed by atoms with Crippen molar-refractivity contribution in [3.8, 4) is 0 Å². The van der Waals surface area contributed by atoms with Crippen molar-refractivity contribution in [2.45, 2.75) is 60.9 Å². The minimum atomic E-state index is -0.790. The fourth-order valence-electron chi connectivity index (χ4n) is 2.15. The normalized spacial score (nSPS) is 19.8. The number of ether oxygens (including phenoxy) is 1. The first kappa shape index (κ1) is 17.4. The molecule has 0 aromatic rings. The SMILES string of the molecule is C=C/C=C\C(C)OC(O)C(C)(C(C)C)C(C)(C)C. The summed E-state index contributed by atoms with van der Waals surface area (Å²) >= 11 is 0. The molecule has 1 N–H and O–H groups in total. The van der Waals surface area contributed by atoms with Gasteiger partial charge in [0.05, 0.1) is 6.10 Å². The Labute approximate surface area is 113 Å². The molecule has 0 aromatic carbocycles. The fourth-order valence-corrected chi connectivity index (χ4v) is 2.15. The molecule has 0 aliphatic heterocycles. The molecule has 18 heavy (non-hydrogen) atoms. The summed E-state index contributed by atoms with van der Waals surface area (Å²) in [5.41, 5.74) is -0.342. The van der Waals surface area contributed by atoms with Crippen molar-refractivity contribution in [3.05, 3.63) is 24.8 Å². The Morgan fingerprint density at radius 1 is 1.11 bits per heavy atom. The van der Waals surface area contributed by atoms with Gasteiger partial charge in [0.15, 0.2) is 6.29 Å². The van der Waals surface area contributed by atoms with E-state index >= 15 is 0 Å². The summed E-state index contributed by atoms with van der Waals surface area (Å²) in [5.74, 6) is 0.322. The molecule has 0 heterocycles. The van der Waals surface area contributed by atoms with Crippen LogP contribution in [0.2, 0.25) is 0 Å². The average Bonchev–Trinajstić information content (AvgIpc) is 2.22. The number of allylic oxidation sites excluding steroid dienone is 2. The Balaban J connectivity index is 4.95. The summed E-state index contributed by atoms with van der Waals surface area (Å²) in [5, 5.41) is 10.5. The zero-order valence-corrected chi connectivity index (χ0v) is 13.0. The molecule has 106 valence electrons. The van der Waals surface area contributed by atoms with Gasteiger partial charge in [0.2, 0.25) is 0 Å². The van der Waals surface area contributed by atoms with Gasteiger partial charge in [-0.3, -0.25) is 0 Å². The van der Waals surface area contributed by atoms with Gasteiger partial charge in [-0.25, -0.2) is 0 Å². The summed E-state index contributed by atoms with van der Waals surface area (Å²) < 4.78 is 5.73. The van der Waals surface area contributed by atoms with Crippen LogP contribution in [-0.2, 0) is 4.74 Å². The Hall–Kier alpha value is -0.600. The molecule has 2 heteroatoms. The molecule has 0 radical (unpaired) electrons. The third kappa shape index (κ3) is 3.96. The predicted octanol–water partition coefficient (Wildman–Crippen LogP) is 4.16. The van der Waals surface area contributed by atoms with Gasteiger partial charge in [0, 0.05) is 5.41 Å². The topological polar surface area (TPSA) is 29.5 Å². The molecular weight excluding hydrogens is 224 g/mol. The summed E-state index contributed by atoms with van der Waals surface area (Å²) in [6, 6.07) is 0. The third-order valence-electron chi connectivity index (χ3n) is 4.19. The van der Waals surface area contributed by atoms with E-state index in [1.165, 1.54) is 0 Å². The lowest BCUT2D eigenvalue weighted by Gasteiger charge is -2.48. The lowest BCUT2D eigenvalue weighted by Crippen LogP contribution is -2.49. The monoisotopic (exact) mass is 254 g/mol. The highest BCUT2D eigenvalue weighted by Crippen LogP contribution is 2.47. The fraction of sp³-hybridized carbons (Fsp3) is 0.750. The maximum atomic E-state index is 10.5. The zero-order valence-electron chi connectivity index (χ0n) is 13.0. The van der Waals surface area contributed by atoms with E-state index in [1.807, 2.05) is 19.1 Å². The van der Waals surface area contributed by atoms with Crippen LogP contribution in [0, 0.1) is 16.7 Å². The Bertz CT molecular complexity index is 286. The number of hydrogen-bond acceptors (Lipinski definition) is 2. The van der Waals surface area contributed by atoms with Gasteiger partial charge in [0.25, 0.3) is 0 Å². The number of hydrogen-bond donors (Lipinski definition) is 1. The highest BCUT2D eigenvalue weighted by atomic mass is 16.6. The summed E-state index contributed by atoms with van der Waals surface area (Å²) in [6.07, 6.45) is 4.51. The largest absolute Gasteiger partial charge is 0.367 e. The smallest absolute Gasteiger partial charge is 0.161 e. The van der Waals surface area contributed by atoms with E-state index in [9.17, 15) is 5.11 Å². The Morgan fingerprint density at radius 2 is 1.61 bits per heavy atom. The van der Waals surface area contributed by atoms with Gasteiger partial charge in [-0.15, -0.1) is 0 Å². The first-order valence-electron chi connectivity index (χ1n) is 6.70. The first-order valence-corrected chi connectivity index (χ1v) is 6.70. The molecule has 0 aliphatic rings. The van der Waals surface area contributed by atoms with Crippen molar-refractivity contribution in [1.29, 1.82) is 0 Å². The van der Waals surface area contributed by atoms with E-state index in [0.717, 1.165) is 0 Å². The Kier molecular flexibility index (Phi) is 6.32. The molecule has 0 rings (SSSR count). The molecule has 0 bridgehead atoms. The second kappa shape index (κ2) is 6.53. The lowest BCUT2D eigenvalue weighted by molar-refractivity contribution is -0.228. The second-order valence-electron chi connectivity index (χ2n) is 6.50. The quantitative estimate of drug-likeness (QED) is 0.569. The molecular formula is C16H30O2. The first-order chi connectivity index (χ1) is 8.07. The van der Waals surface area contributed by atoms with E-state index in [-0.39, 0.29) is 16.9 Å². The van der Waals surface area contributed by atoms with Crippen LogP contribution >= 0.6 is 0 Å². The highest BCUT2D eigenvalue weighted by molar-refractivity contribution is 5.00. The maximum absolute atomic E-state index is 10.5. The Morgan fingerprint density at radius 3 is 1.94 bits per heavy atom. The molecule has 3 unspecified atom stereocenters. The van der Waals surface area contributed by atoms with Gasteiger partial charge < -0.3 is 9.84 Å². The van der Waals surface area contributed by atoms with E-state index in [2.05, 4.69) is 48.1 Å². The van der Waals surface area contributed by atoms with Crippen LogP contribution in [0.4, 0.5) is 0 Å². The van der Waals surface area contributed by atoms with E-state index in [1.54, 1.807) is 6.08 Å².